The second-order valence-electron chi connectivity index (χ2n) is 5.13. The molecule has 1 rings (SSSR count). The molecule has 7 heteroatoms. The van der Waals surface area contributed by atoms with Gasteiger partial charge in [-0.3, -0.25) is 4.79 Å². The Kier molecular flexibility index (Phi) is 5.43. The van der Waals surface area contributed by atoms with Gasteiger partial charge in [0.05, 0.1) is 17.2 Å². The molecule has 0 spiro atoms. The standard InChI is InChI=1S/C14H18N2O5/c1-7(2)3-11(15)12(17)16-10-5-8(13(18)19)4-9(6-10)14(20)21/h4-7,11H,3,15H2,1-2H3,(H,16,17)(H,18,19)(H,20,21)/t11-/m0/s1. The topological polar surface area (TPSA) is 130 Å². The van der Waals surface area contributed by atoms with E-state index in [9.17, 15) is 14.4 Å². The molecule has 0 aliphatic heterocycles. The highest BCUT2D eigenvalue weighted by molar-refractivity contribution is 5.99. The van der Waals surface area contributed by atoms with Crippen LogP contribution in [0, 0.1) is 5.92 Å². The van der Waals surface area contributed by atoms with E-state index in [1.165, 1.54) is 12.1 Å². The van der Waals surface area contributed by atoms with Crippen molar-refractivity contribution >= 4 is 23.5 Å². The molecule has 21 heavy (non-hydrogen) atoms. The number of carboxylic acid groups (broad SMARTS) is 2. The number of carbonyl (C=O) groups is 3. The third kappa shape index (κ3) is 4.88. The number of carboxylic acids is 2. The predicted octanol–water partition coefficient (Wildman–Crippen LogP) is 1.39. The van der Waals surface area contributed by atoms with Gasteiger partial charge in [-0.25, -0.2) is 9.59 Å². The molecular formula is C14H18N2O5. The van der Waals surface area contributed by atoms with Crippen LogP contribution in [0.15, 0.2) is 18.2 Å². The van der Waals surface area contributed by atoms with E-state index >= 15 is 0 Å². The van der Waals surface area contributed by atoms with E-state index in [1.54, 1.807) is 0 Å². The van der Waals surface area contributed by atoms with Gasteiger partial charge in [0, 0.05) is 5.69 Å². The third-order valence-corrected chi connectivity index (χ3v) is 2.76. The van der Waals surface area contributed by atoms with E-state index in [4.69, 9.17) is 15.9 Å². The first-order valence-electron chi connectivity index (χ1n) is 6.38. The molecule has 0 bridgehead atoms. The quantitative estimate of drug-likeness (QED) is 0.627. The van der Waals surface area contributed by atoms with Crippen molar-refractivity contribution in [2.45, 2.75) is 26.3 Å². The monoisotopic (exact) mass is 294 g/mol. The summed E-state index contributed by atoms with van der Waals surface area (Å²) in [4.78, 5) is 33.8. The first kappa shape index (κ1) is 16.6. The Morgan fingerprint density at radius 3 is 1.95 bits per heavy atom. The fourth-order valence-electron chi connectivity index (χ4n) is 1.80. The minimum Gasteiger partial charge on any atom is -0.478 e. The zero-order valence-corrected chi connectivity index (χ0v) is 11.8. The molecule has 0 radical (unpaired) electrons. The Bertz CT molecular complexity index is 536. The largest absolute Gasteiger partial charge is 0.478 e. The van der Waals surface area contributed by atoms with Gasteiger partial charge in [-0.15, -0.1) is 0 Å². The molecule has 1 amide bonds. The number of nitrogens with two attached hydrogens (primary N) is 1. The highest BCUT2D eigenvalue weighted by Gasteiger charge is 2.17. The number of nitrogens with one attached hydrogen (secondary N) is 1. The van der Waals surface area contributed by atoms with Crippen LogP contribution in [0.2, 0.25) is 0 Å². The first-order valence-corrected chi connectivity index (χ1v) is 6.38. The van der Waals surface area contributed by atoms with Crippen LogP contribution in [0.1, 0.15) is 41.0 Å². The van der Waals surface area contributed by atoms with Crippen LogP contribution in [-0.2, 0) is 4.79 Å². The normalized spacial score (nSPS) is 12.0. The van der Waals surface area contributed by atoms with Crippen LogP contribution in [0.4, 0.5) is 5.69 Å². The Morgan fingerprint density at radius 1 is 1.10 bits per heavy atom. The third-order valence-electron chi connectivity index (χ3n) is 2.76. The molecule has 0 aliphatic rings. The van der Waals surface area contributed by atoms with Gasteiger partial charge in [0.15, 0.2) is 0 Å². The van der Waals surface area contributed by atoms with E-state index in [0.717, 1.165) is 6.07 Å². The molecular weight excluding hydrogens is 276 g/mol. The summed E-state index contributed by atoms with van der Waals surface area (Å²) in [6.07, 6.45) is 0.468. The summed E-state index contributed by atoms with van der Waals surface area (Å²) in [6.45, 7) is 3.83. The van der Waals surface area contributed by atoms with Crippen LogP contribution in [0.5, 0.6) is 0 Å². The lowest BCUT2D eigenvalue weighted by Gasteiger charge is -2.14. The van der Waals surface area contributed by atoms with Gasteiger partial charge in [-0.2, -0.15) is 0 Å². The average molecular weight is 294 g/mol. The van der Waals surface area contributed by atoms with E-state index in [2.05, 4.69) is 5.32 Å². The number of benzene rings is 1. The van der Waals surface area contributed by atoms with E-state index in [0.29, 0.717) is 6.42 Å². The van der Waals surface area contributed by atoms with Gasteiger partial charge in [0.1, 0.15) is 0 Å². The Balaban J connectivity index is 2.99. The van der Waals surface area contributed by atoms with Crippen LogP contribution >= 0.6 is 0 Å². The van der Waals surface area contributed by atoms with Gasteiger partial charge in [0.2, 0.25) is 5.91 Å². The zero-order valence-electron chi connectivity index (χ0n) is 11.8. The highest BCUT2D eigenvalue weighted by Crippen LogP contribution is 2.16. The number of carbonyl (C=O) groups excluding carboxylic acids is 1. The number of anilines is 1. The molecule has 0 aliphatic carbocycles. The maximum Gasteiger partial charge on any atom is 0.335 e. The molecule has 0 saturated carbocycles. The number of hydrogen-bond donors (Lipinski definition) is 4. The lowest BCUT2D eigenvalue weighted by molar-refractivity contribution is -0.117. The van der Waals surface area contributed by atoms with Crippen molar-refractivity contribution in [2.75, 3.05) is 5.32 Å². The molecule has 0 heterocycles. The van der Waals surface area contributed by atoms with Gasteiger partial charge < -0.3 is 21.3 Å². The zero-order chi connectivity index (χ0) is 16.2. The molecule has 0 fully saturated rings. The molecule has 5 N–H and O–H groups in total. The number of hydrogen-bond acceptors (Lipinski definition) is 4. The summed E-state index contributed by atoms with van der Waals surface area (Å²) in [5.74, 6) is -2.81. The molecule has 0 saturated heterocycles. The minimum atomic E-state index is -1.28. The van der Waals surface area contributed by atoms with E-state index in [1.807, 2.05) is 13.8 Å². The predicted molar refractivity (Wildman–Crippen MR) is 76.4 cm³/mol. The molecule has 1 atom stereocenters. The van der Waals surface area contributed by atoms with Crippen LogP contribution < -0.4 is 11.1 Å². The van der Waals surface area contributed by atoms with Crippen molar-refractivity contribution in [3.63, 3.8) is 0 Å². The molecule has 114 valence electrons. The lowest BCUT2D eigenvalue weighted by atomic mass is 10.0. The van der Waals surface area contributed by atoms with Crippen molar-refractivity contribution in [2.24, 2.45) is 11.7 Å². The second-order valence-corrected chi connectivity index (χ2v) is 5.13. The molecule has 1 aromatic carbocycles. The van der Waals surface area contributed by atoms with Crippen molar-refractivity contribution in [1.82, 2.24) is 0 Å². The van der Waals surface area contributed by atoms with E-state index in [-0.39, 0.29) is 22.7 Å². The molecule has 7 nitrogen and oxygen atoms in total. The Labute approximate surface area is 121 Å². The highest BCUT2D eigenvalue weighted by atomic mass is 16.4. The first-order chi connectivity index (χ1) is 9.70. The van der Waals surface area contributed by atoms with Crippen LogP contribution in [0.25, 0.3) is 0 Å². The fraction of sp³-hybridized carbons (Fsp3) is 0.357. The van der Waals surface area contributed by atoms with Crippen LogP contribution in [0.3, 0.4) is 0 Å². The molecule has 0 unspecified atom stereocenters. The van der Waals surface area contributed by atoms with Crippen LogP contribution in [-0.4, -0.2) is 34.1 Å². The second kappa shape index (κ2) is 6.85. The van der Waals surface area contributed by atoms with Gasteiger partial charge >= 0.3 is 11.9 Å². The Hall–Kier alpha value is -2.41. The number of rotatable bonds is 6. The lowest BCUT2D eigenvalue weighted by Crippen LogP contribution is -2.36. The summed E-state index contributed by atoms with van der Waals surface area (Å²) < 4.78 is 0. The summed E-state index contributed by atoms with van der Waals surface area (Å²) in [6, 6.07) is 2.66. The van der Waals surface area contributed by atoms with Crippen molar-refractivity contribution in [1.29, 1.82) is 0 Å². The van der Waals surface area contributed by atoms with Crippen molar-refractivity contribution < 1.29 is 24.6 Å². The van der Waals surface area contributed by atoms with Crippen molar-refractivity contribution in [3.05, 3.63) is 29.3 Å². The smallest absolute Gasteiger partial charge is 0.335 e. The summed E-state index contributed by atoms with van der Waals surface area (Å²) in [5, 5.41) is 20.3. The fourth-order valence-corrected chi connectivity index (χ4v) is 1.80. The van der Waals surface area contributed by atoms with Gasteiger partial charge in [0.25, 0.3) is 0 Å². The Morgan fingerprint density at radius 2 is 1.57 bits per heavy atom. The van der Waals surface area contributed by atoms with Gasteiger partial charge in [-0.05, 0) is 30.5 Å². The SMILES string of the molecule is CC(C)C[C@H](N)C(=O)Nc1cc(C(=O)O)cc(C(=O)O)c1. The van der Waals surface area contributed by atoms with E-state index < -0.39 is 23.9 Å². The molecule has 0 aromatic heterocycles. The number of amides is 1. The maximum atomic E-state index is 11.9. The summed E-state index contributed by atoms with van der Waals surface area (Å²) >= 11 is 0. The van der Waals surface area contributed by atoms with Gasteiger partial charge in [-0.1, -0.05) is 13.8 Å². The molecule has 1 aromatic rings. The number of aromatic carboxylic acids is 2. The summed E-state index contributed by atoms with van der Waals surface area (Å²) in [5.41, 5.74) is 5.37. The summed E-state index contributed by atoms with van der Waals surface area (Å²) in [7, 11) is 0. The average Bonchev–Trinajstić information content (AvgIpc) is 2.37. The van der Waals surface area contributed by atoms with Crippen molar-refractivity contribution in [3.8, 4) is 0 Å². The minimum absolute atomic E-state index is 0.0940. The maximum absolute atomic E-state index is 11.9.